The number of halogens is 1. The molecule has 0 saturated heterocycles. The highest BCUT2D eigenvalue weighted by Gasteiger charge is 2.11. The van der Waals surface area contributed by atoms with E-state index in [1.807, 2.05) is 13.8 Å². The maximum Gasteiger partial charge on any atom is 0.185 e. The number of hydrogen-bond donors (Lipinski definition) is 1. The summed E-state index contributed by atoms with van der Waals surface area (Å²) >= 11 is 5.95. The number of methoxy groups -OCH3 is 1. The molecule has 0 fully saturated rings. The van der Waals surface area contributed by atoms with Crippen molar-refractivity contribution < 1.29 is 24.1 Å². The lowest BCUT2D eigenvalue weighted by Gasteiger charge is -2.11. The van der Waals surface area contributed by atoms with Gasteiger partial charge < -0.3 is 19.3 Å². The number of ketones is 1. The fourth-order valence-electron chi connectivity index (χ4n) is 2.32. The topological polar surface area (TPSA) is 65.0 Å². The van der Waals surface area contributed by atoms with E-state index in [0.29, 0.717) is 35.8 Å². The average molecular weight is 377 g/mol. The van der Waals surface area contributed by atoms with Gasteiger partial charge in [-0.3, -0.25) is 4.79 Å². The summed E-state index contributed by atoms with van der Waals surface area (Å²) in [6.07, 6.45) is 3.03. The van der Waals surface area contributed by atoms with Crippen molar-refractivity contribution in [1.82, 2.24) is 0 Å². The zero-order chi connectivity index (χ0) is 19.1. The second kappa shape index (κ2) is 9.15. The maximum atomic E-state index is 12.5. The van der Waals surface area contributed by atoms with Crippen molar-refractivity contribution in [3.63, 3.8) is 0 Å². The summed E-state index contributed by atoms with van der Waals surface area (Å²) in [6.45, 7) is 4.73. The van der Waals surface area contributed by atoms with Crippen LogP contribution in [-0.4, -0.2) is 31.2 Å². The first kappa shape index (κ1) is 19.7. The van der Waals surface area contributed by atoms with Gasteiger partial charge in [0.05, 0.1) is 25.3 Å². The molecule has 0 bridgehead atoms. The summed E-state index contributed by atoms with van der Waals surface area (Å²) in [6, 6.07) is 8.20. The molecule has 0 spiro atoms. The number of hydrogen-bond acceptors (Lipinski definition) is 5. The van der Waals surface area contributed by atoms with Gasteiger partial charge in [-0.15, -0.1) is 0 Å². The minimum atomic E-state index is -0.197. The van der Waals surface area contributed by atoms with E-state index < -0.39 is 0 Å². The molecule has 0 aliphatic carbocycles. The Balaban J connectivity index is 2.25. The average Bonchev–Trinajstić information content (AvgIpc) is 2.64. The molecule has 0 unspecified atom stereocenters. The molecular weight excluding hydrogens is 356 g/mol. The summed E-state index contributed by atoms with van der Waals surface area (Å²) in [4.78, 5) is 12.5. The van der Waals surface area contributed by atoms with Crippen molar-refractivity contribution in [2.45, 2.75) is 13.8 Å². The summed E-state index contributed by atoms with van der Waals surface area (Å²) in [7, 11) is 1.43. The second-order valence-electron chi connectivity index (χ2n) is 5.28. The van der Waals surface area contributed by atoms with Crippen LogP contribution in [0.4, 0.5) is 0 Å². The van der Waals surface area contributed by atoms with E-state index in [0.717, 1.165) is 0 Å². The lowest BCUT2D eigenvalue weighted by Crippen LogP contribution is -2.01. The van der Waals surface area contributed by atoms with Crippen LogP contribution in [0.25, 0.3) is 6.08 Å². The summed E-state index contributed by atoms with van der Waals surface area (Å²) in [5, 5.41) is 9.90. The zero-order valence-corrected chi connectivity index (χ0v) is 15.7. The van der Waals surface area contributed by atoms with Gasteiger partial charge in [0.15, 0.2) is 28.8 Å². The number of aromatic hydroxyl groups is 1. The minimum Gasteiger partial charge on any atom is -0.503 e. The Labute approximate surface area is 157 Å². The number of rotatable bonds is 8. The van der Waals surface area contributed by atoms with Crippen LogP contribution in [0.3, 0.4) is 0 Å². The SMILES string of the molecule is CCOc1ccc(C(=O)/C=C/c2cc(Cl)c(O)c(OC)c2)cc1OCC. The number of carbonyl (C=O) groups excluding carboxylic acids is 1. The first-order chi connectivity index (χ1) is 12.5. The predicted octanol–water partition coefficient (Wildman–Crippen LogP) is 4.75. The molecular formula is C20H21ClO5. The Morgan fingerprint density at radius 3 is 2.42 bits per heavy atom. The summed E-state index contributed by atoms with van der Waals surface area (Å²) in [5.41, 5.74) is 1.11. The normalized spacial score (nSPS) is 10.8. The van der Waals surface area contributed by atoms with E-state index in [2.05, 4.69) is 0 Å². The van der Waals surface area contributed by atoms with Crippen LogP contribution in [0.5, 0.6) is 23.0 Å². The fraction of sp³-hybridized carbons (Fsp3) is 0.250. The summed E-state index contributed by atoms with van der Waals surface area (Å²) < 4.78 is 16.1. The van der Waals surface area contributed by atoms with Crippen molar-refractivity contribution in [1.29, 1.82) is 0 Å². The lowest BCUT2D eigenvalue weighted by atomic mass is 10.1. The molecule has 6 heteroatoms. The number of allylic oxidation sites excluding steroid dienone is 1. The summed E-state index contributed by atoms with van der Waals surface area (Å²) in [5.74, 6) is 1.04. The van der Waals surface area contributed by atoms with Gasteiger partial charge in [-0.1, -0.05) is 17.7 Å². The zero-order valence-electron chi connectivity index (χ0n) is 14.9. The van der Waals surface area contributed by atoms with Crippen LogP contribution in [0.1, 0.15) is 29.8 Å². The van der Waals surface area contributed by atoms with Crippen molar-refractivity contribution in [3.05, 3.63) is 52.6 Å². The Kier molecular flexibility index (Phi) is 6.92. The van der Waals surface area contributed by atoms with E-state index in [1.54, 1.807) is 36.4 Å². The quantitative estimate of drug-likeness (QED) is 0.532. The Morgan fingerprint density at radius 1 is 1.08 bits per heavy atom. The number of benzene rings is 2. The largest absolute Gasteiger partial charge is 0.503 e. The Morgan fingerprint density at radius 2 is 1.77 bits per heavy atom. The minimum absolute atomic E-state index is 0.134. The maximum absolute atomic E-state index is 12.5. The molecule has 0 aromatic heterocycles. The molecule has 0 heterocycles. The van der Waals surface area contributed by atoms with Crippen LogP contribution in [0.2, 0.25) is 5.02 Å². The van der Waals surface area contributed by atoms with Crippen molar-refractivity contribution in [3.8, 4) is 23.0 Å². The molecule has 0 aliphatic heterocycles. The highest BCUT2D eigenvalue weighted by molar-refractivity contribution is 6.32. The number of phenolic OH excluding ortho intramolecular Hbond substituents is 1. The third-order valence-electron chi connectivity index (χ3n) is 3.53. The van der Waals surface area contributed by atoms with E-state index in [4.69, 9.17) is 25.8 Å². The number of ether oxygens (including phenoxy) is 3. The molecule has 5 nitrogen and oxygen atoms in total. The fourth-order valence-corrected chi connectivity index (χ4v) is 2.54. The van der Waals surface area contributed by atoms with Gasteiger partial charge in [0.2, 0.25) is 0 Å². The van der Waals surface area contributed by atoms with E-state index in [-0.39, 0.29) is 22.3 Å². The van der Waals surface area contributed by atoms with Gasteiger partial charge in [-0.05, 0) is 55.8 Å². The van der Waals surface area contributed by atoms with Gasteiger partial charge in [0.1, 0.15) is 0 Å². The molecule has 26 heavy (non-hydrogen) atoms. The van der Waals surface area contributed by atoms with Gasteiger partial charge >= 0.3 is 0 Å². The molecule has 138 valence electrons. The van der Waals surface area contributed by atoms with Gasteiger partial charge in [-0.25, -0.2) is 0 Å². The van der Waals surface area contributed by atoms with Gasteiger partial charge in [0, 0.05) is 5.56 Å². The van der Waals surface area contributed by atoms with E-state index in [9.17, 15) is 9.90 Å². The van der Waals surface area contributed by atoms with Gasteiger partial charge in [0.25, 0.3) is 0 Å². The Hall–Kier alpha value is -2.66. The number of phenols is 1. The van der Waals surface area contributed by atoms with E-state index >= 15 is 0 Å². The van der Waals surface area contributed by atoms with Crippen LogP contribution >= 0.6 is 11.6 Å². The van der Waals surface area contributed by atoms with Gasteiger partial charge in [-0.2, -0.15) is 0 Å². The molecule has 1 N–H and O–H groups in total. The monoisotopic (exact) mass is 376 g/mol. The predicted molar refractivity (Wildman–Crippen MR) is 102 cm³/mol. The third kappa shape index (κ3) is 4.70. The molecule has 0 radical (unpaired) electrons. The van der Waals surface area contributed by atoms with Crippen LogP contribution in [0.15, 0.2) is 36.4 Å². The van der Waals surface area contributed by atoms with Crippen molar-refractivity contribution >= 4 is 23.5 Å². The molecule has 0 aliphatic rings. The first-order valence-corrected chi connectivity index (χ1v) is 8.56. The molecule has 2 aromatic rings. The number of carbonyl (C=O) groups is 1. The van der Waals surface area contributed by atoms with Crippen LogP contribution < -0.4 is 14.2 Å². The molecule has 0 saturated carbocycles. The first-order valence-electron chi connectivity index (χ1n) is 8.18. The van der Waals surface area contributed by atoms with Crippen LogP contribution in [-0.2, 0) is 0 Å². The van der Waals surface area contributed by atoms with Crippen LogP contribution in [0, 0.1) is 0 Å². The van der Waals surface area contributed by atoms with E-state index in [1.165, 1.54) is 13.2 Å². The smallest absolute Gasteiger partial charge is 0.185 e. The third-order valence-corrected chi connectivity index (χ3v) is 3.81. The lowest BCUT2D eigenvalue weighted by molar-refractivity contribution is 0.104. The van der Waals surface area contributed by atoms with Crippen molar-refractivity contribution in [2.75, 3.05) is 20.3 Å². The Bertz CT molecular complexity index is 814. The highest BCUT2D eigenvalue weighted by atomic mass is 35.5. The second-order valence-corrected chi connectivity index (χ2v) is 5.69. The molecule has 0 atom stereocenters. The highest BCUT2D eigenvalue weighted by Crippen LogP contribution is 2.35. The molecule has 2 aromatic carbocycles. The molecule has 0 amide bonds. The molecule has 2 rings (SSSR count). The standard InChI is InChI=1S/C20H21ClO5/c1-4-25-17-9-7-14(12-18(17)26-5-2)16(22)8-6-13-10-15(21)20(23)19(11-13)24-3/h6-12,23H,4-5H2,1-3H3/b8-6+. The van der Waals surface area contributed by atoms with Crippen molar-refractivity contribution in [2.24, 2.45) is 0 Å².